The van der Waals surface area contributed by atoms with E-state index in [1.165, 1.54) is 0 Å². The molecule has 0 fully saturated rings. The molecule has 0 aromatic carbocycles. The van der Waals surface area contributed by atoms with Gasteiger partial charge in [0.1, 0.15) is 6.54 Å². The summed E-state index contributed by atoms with van der Waals surface area (Å²) in [5.74, 6) is -0.848. The fourth-order valence-electron chi connectivity index (χ4n) is 0.226. The number of hydrazine groups is 1. The summed E-state index contributed by atoms with van der Waals surface area (Å²) in [5, 5.41) is 9.66. The number of carbonyl (C=O) groups is 1. The molecule has 9 heavy (non-hydrogen) atoms. The van der Waals surface area contributed by atoms with Crippen molar-refractivity contribution in [3.05, 3.63) is 0 Å². The van der Waals surface area contributed by atoms with Crippen LogP contribution in [-0.4, -0.2) is 66.3 Å². The summed E-state index contributed by atoms with van der Waals surface area (Å²) in [4.78, 5) is 9.81. The van der Waals surface area contributed by atoms with Crippen LogP contribution in [0.1, 0.15) is 0 Å². The molecule has 0 aliphatic rings. The Kier molecular flexibility index (Phi) is 8.75. The van der Waals surface area contributed by atoms with Gasteiger partial charge in [0.25, 0.3) is 0 Å². The van der Waals surface area contributed by atoms with Gasteiger partial charge in [-0.05, 0) is 0 Å². The molecule has 0 aliphatic carbocycles. The first-order valence-corrected chi connectivity index (χ1v) is 2.25. The Hall–Kier alpha value is 0.390. The van der Waals surface area contributed by atoms with E-state index in [1.54, 1.807) is 19.1 Å². The second kappa shape index (κ2) is 6.51. The van der Waals surface area contributed by atoms with Crippen LogP contribution < -0.4 is 5.43 Å². The predicted octanol–water partition coefficient (Wildman–Crippen LogP) is -1.51. The molecule has 0 amide bonds. The van der Waals surface area contributed by atoms with Crippen molar-refractivity contribution in [2.45, 2.75) is 0 Å². The molecular weight excluding hydrogens is 131 g/mol. The fraction of sp³-hybridized carbons (Fsp3) is 0.750. The SMILES string of the molecule is CN(C)NCC(=O)O.[NaH]. The molecule has 0 bridgehead atoms. The first-order valence-electron chi connectivity index (χ1n) is 2.25. The quantitative estimate of drug-likeness (QED) is 0.371. The maximum atomic E-state index is 9.81. The topological polar surface area (TPSA) is 52.6 Å². The van der Waals surface area contributed by atoms with Crippen molar-refractivity contribution in [2.75, 3.05) is 20.6 Å². The molecule has 0 aliphatic heterocycles. The number of carboxylic acids is 1. The molecule has 0 rings (SSSR count). The van der Waals surface area contributed by atoms with Gasteiger partial charge in [-0.1, -0.05) is 0 Å². The van der Waals surface area contributed by atoms with Crippen molar-refractivity contribution in [1.29, 1.82) is 0 Å². The normalized spacial score (nSPS) is 8.78. The molecule has 0 spiro atoms. The maximum absolute atomic E-state index is 9.81. The zero-order valence-corrected chi connectivity index (χ0v) is 5.01. The van der Waals surface area contributed by atoms with Crippen LogP contribution in [0, 0.1) is 0 Å². The molecule has 0 saturated heterocycles. The summed E-state index contributed by atoms with van der Waals surface area (Å²) in [7, 11) is 3.48. The van der Waals surface area contributed by atoms with Gasteiger partial charge in [-0.25, -0.2) is 5.43 Å². The van der Waals surface area contributed by atoms with E-state index in [2.05, 4.69) is 5.43 Å². The average molecular weight is 142 g/mol. The average Bonchev–Trinajstić information content (AvgIpc) is 1.61. The molecule has 0 saturated carbocycles. The molecule has 0 unspecified atom stereocenters. The van der Waals surface area contributed by atoms with Crippen LogP contribution in [0.25, 0.3) is 0 Å². The Bertz CT molecular complexity index is 86.6. The molecule has 0 radical (unpaired) electrons. The van der Waals surface area contributed by atoms with Crippen LogP contribution in [0.15, 0.2) is 0 Å². The minimum absolute atomic E-state index is 0. The molecule has 0 aromatic heterocycles. The zero-order valence-electron chi connectivity index (χ0n) is 5.01. The summed E-state index contributed by atoms with van der Waals surface area (Å²) in [6.07, 6.45) is 0. The molecule has 0 atom stereocenters. The molecule has 2 N–H and O–H groups in total. The molecule has 5 heteroatoms. The number of nitrogens with one attached hydrogen (secondary N) is 1. The number of nitrogens with zero attached hydrogens (tertiary/aromatic N) is 1. The van der Waals surface area contributed by atoms with Crippen molar-refractivity contribution in [3.8, 4) is 0 Å². The number of hydrogen-bond donors (Lipinski definition) is 2. The number of aliphatic carboxylic acids is 1. The van der Waals surface area contributed by atoms with Crippen LogP contribution in [-0.2, 0) is 4.79 Å². The van der Waals surface area contributed by atoms with E-state index in [0.717, 1.165) is 0 Å². The predicted molar refractivity (Wildman–Crippen MR) is 36.5 cm³/mol. The molecule has 0 aromatic rings. The third-order valence-corrected chi connectivity index (χ3v) is 0.547. The first kappa shape index (κ1) is 12.1. The van der Waals surface area contributed by atoms with Crippen molar-refractivity contribution >= 4 is 35.5 Å². The minimum atomic E-state index is -0.848. The summed E-state index contributed by atoms with van der Waals surface area (Å²) in [5.41, 5.74) is 2.58. The van der Waals surface area contributed by atoms with Crippen LogP contribution >= 0.6 is 0 Å². The molecular formula is C4H11N2NaO2. The fourth-order valence-corrected chi connectivity index (χ4v) is 0.226. The Morgan fingerprint density at radius 3 is 2.22 bits per heavy atom. The van der Waals surface area contributed by atoms with Gasteiger partial charge in [-0.15, -0.1) is 0 Å². The monoisotopic (exact) mass is 142 g/mol. The van der Waals surface area contributed by atoms with Crippen molar-refractivity contribution in [3.63, 3.8) is 0 Å². The van der Waals surface area contributed by atoms with Crippen LogP contribution in [0.4, 0.5) is 0 Å². The summed E-state index contributed by atoms with van der Waals surface area (Å²) in [6, 6.07) is 0. The summed E-state index contributed by atoms with van der Waals surface area (Å²) in [6.45, 7) is -0.0208. The Balaban J connectivity index is 0. The summed E-state index contributed by atoms with van der Waals surface area (Å²) < 4.78 is 0. The van der Waals surface area contributed by atoms with Crippen LogP contribution in [0.5, 0.6) is 0 Å². The van der Waals surface area contributed by atoms with E-state index >= 15 is 0 Å². The van der Waals surface area contributed by atoms with Gasteiger partial charge in [0.15, 0.2) is 0 Å². The Morgan fingerprint density at radius 2 is 2.11 bits per heavy atom. The zero-order chi connectivity index (χ0) is 6.57. The Labute approximate surface area is 76.5 Å². The second-order valence-corrected chi connectivity index (χ2v) is 1.62. The van der Waals surface area contributed by atoms with Crippen molar-refractivity contribution in [1.82, 2.24) is 10.4 Å². The number of rotatable bonds is 3. The molecule has 0 heterocycles. The van der Waals surface area contributed by atoms with Gasteiger partial charge in [0, 0.05) is 14.1 Å². The first-order chi connectivity index (χ1) is 3.63. The summed E-state index contributed by atoms with van der Waals surface area (Å²) >= 11 is 0. The molecule has 50 valence electrons. The van der Waals surface area contributed by atoms with E-state index in [-0.39, 0.29) is 36.1 Å². The standard InChI is InChI=1S/C4H10N2O2.Na.H/c1-6(2)5-3-4(7)8;;/h5H,3H2,1-2H3,(H,7,8);;. The van der Waals surface area contributed by atoms with Crippen molar-refractivity contribution in [2.24, 2.45) is 0 Å². The van der Waals surface area contributed by atoms with Gasteiger partial charge >= 0.3 is 35.5 Å². The Morgan fingerprint density at radius 1 is 1.67 bits per heavy atom. The third-order valence-electron chi connectivity index (χ3n) is 0.547. The third kappa shape index (κ3) is 11.8. The van der Waals surface area contributed by atoms with E-state index in [1.807, 2.05) is 0 Å². The van der Waals surface area contributed by atoms with E-state index in [9.17, 15) is 4.79 Å². The van der Waals surface area contributed by atoms with Gasteiger partial charge in [0.05, 0.1) is 0 Å². The van der Waals surface area contributed by atoms with E-state index < -0.39 is 5.97 Å². The van der Waals surface area contributed by atoms with E-state index in [0.29, 0.717) is 0 Å². The number of hydrogen-bond acceptors (Lipinski definition) is 3. The van der Waals surface area contributed by atoms with Gasteiger partial charge in [0.2, 0.25) is 0 Å². The number of carboxylic acid groups (broad SMARTS) is 1. The molecule has 4 nitrogen and oxygen atoms in total. The van der Waals surface area contributed by atoms with E-state index in [4.69, 9.17) is 5.11 Å². The van der Waals surface area contributed by atoms with Crippen molar-refractivity contribution < 1.29 is 9.90 Å². The van der Waals surface area contributed by atoms with Gasteiger partial charge in [-0.2, -0.15) is 0 Å². The van der Waals surface area contributed by atoms with Crippen LogP contribution in [0.2, 0.25) is 0 Å². The van der Waals surface area contributed by atoms with Gasteiger partial charge in [-0.3, -0.25) is 9.80 Å². The van der Waals surface area contributed by atoms with Gasteiger partial charge < -0.3 is 5.11 Å². The van der Waals surface area contributed by atoms with Crippen LogP contribution in [0.3, 0.4) is 0 Å². The second-order valence-electron chi connectivity index (χ2n) is 1.62.